The Balaban J connectivity index is 1.81. The fraction of sp³-hybridized carbons (Fsp3) is 0.421. The molecule has 1 N–H and O–H groups in total. The molecule has 3 rings (SSSR count). The van der Waals surface area contributed by atoms with Crippen LogP contribution in [0.4, 0.5) is 0 Å². The molecule has 1 aliphatic rings. The van der Waals surface area contributed by atoms with E-state index in [2.05, 4.69) is 4.98 Å². The standard InChI is InChI=1S/C19H22N2O4/c1-13-17(20-18(25-13)14-7-3-2-4-8-14)19(24)21-12-6-5-9-15(21)10-11-16(22)23/h2-4,7-8,15H,5-6,9-12H2,1H3,(H,22,23). The lowest BCUT2D eigenvalue weighted by Gasteiger charge is -2.35. The van der Waals surface area contributed by atoms with Crippen LogP contribution in [0.25, 0.3) is 11.5 Å². The molecule has 1 fully saturated rings. The van der Waals surface area contributed by atoms with Crippen LogP contribution in [0.2, 0.25) is 0 Å². The zero-order valence-corrected chi connectivity index (χ0v) is 14.3. The van der Waals surface area contributed by atoms with Gasteiger partial charge in [0, 0.05) is 24.6 Å². The maximum absolute atomic E-state index is 13.0. The Morgan fingerprint density at radius 2 is 2.04 bits per heavy atom. The number of benzene rings is 1. The maximum Gasteiger partial charge on any atom is 0.303 e. The Morgan fingerprint density at radius 1 is 1.28 bits per heavy atom. The normalized spacial score (nSPS) is 17.5. The number of aryl methyl sites for hydroxylation is 1. The molecule has 0 aliphatic carbocycles. The maximum atomic E-state index is 13.0. The van der Waals surface area contributed by atoms with Gasteiger partial charge in [0.25, 0.3) is 5.91 Å². The minimum absolute atomic E-state index is 0.0476. The molecule has 0 bridgehead atoms. The lowest BCUT2D eigenvalue weighted by molar-refractivity contribution is -0.137. The number of amides is 1. The SMILES string of the molecule is Cc1oc(-c2ccccc2)nc1C(=O)N1CCCCC1CCC(=O)O. The van der Waals surface area contributed by atoms with Crippen LogP contribution < -0.4 is 0 Å². The first kappa shape index (κ1) is 17.2. The third-order valence-corrected chi connectivity index (χ3v) is 4.60. The van der Waals surface area contributed by atoms with Crippen molar-refractivity contribution in [1.82, 2.24) is 9.88 Å². The van der Waals surface area contributed by atoms with Crippen molar-refractivity contribution in [3.63, 3.8) is 0 Å². The molecule has 132 valence electrons. The number of rotatable bonds is 5. The monoisotopic (exact) mass is 342 g/mol. The lowest BCUT2D eigenvalue weighted by Crippen LogP contribution is -2.44. The Labute approximate surface area is 146 Å². The van der Waals surface area contributed by atoms with Gasteiger partial charge in [0.2, 0.25) is 5.89 Å². The van der Waals surface area contributed by atoms with Gasteiger partial charge in [-0.2, -0.15) is 0 Å². The van der Waals surface area contributed by atoms with E-state index in [4.69, 9.17) is 9.52 Å². The van der Waals surface area contributed by atoms with E-state index in [0.717, 1.165) is 24.8 Å². The number of nitrogens with zero attached hydrogens (tertiary/aromatic N) is 2. The van der Waals surface area contributed by atoms with E-state index >= 15 is 0 Å². The Kier molecular flexibility index (Phi) is 5.16. The summed E-state index contributed by atoms with van der Waals surface area (Å²) in [5, 5.41) is 8.93. The molecule has 2 aromatic rings. The van der Waals surface area contributed by atoms with Crippen molar-refractivity contribution in [1.29, 1.82) is 0 Å². The highest BCUT2D eigenvalue weighted by molar-refractivity contribution is 5.94. The topological polar surface area (TPSA) is 83.6 Å². The quantitative estimate of drug-likeness (QED) is 0.899. The number of carbonyl (C=O) groups excluding carboxylic acids is 1. The first-order chi connectivity index (χ1) is 12.1. The Bertz CT molecular complexity index is 754. The van der Waals surface area contributed by atoms with Crippen molar-refractivity contribution in [2.45, 2.75) is 45.1 Å². The van der Waals surface area contributed by atoms with Crippen LogP contribution in [0.15, 0.2) is 34.7 Å². The van der Waals surface area contributed by atoms with Crippen LogP contribution in [0.5, 0.6) is 0 Å². The van der Waals surface area contributed by atoms with E-state index in [1.165, 1.54) is 0 Å². The number of likely N-dealkylation sites (tertiary alicyclic amines) is 1. The third-order valence-electron chi connectivity index (χ3n) is 4.60. The van der Waals surface area contributed by atoms with Crippen LogP contribution in [-0.2, 0) is 4.79 Å². The highest BCUT2D eigenvalue weighted by atomic mass is 16.4. The number of oxazole rings is 1. The number of piperidine rings is 1. The van der Waals surface area contributed by atoms with Crippen molar-refractivity contribution in [3.8, 4) is 11.5 Å². The zero-order chi connectivity index (χ0) is 17.8. The second-order valence-corrected chi connectivity index (χ2v) is 6.37. The van der Waals surface area contributed by atoms with Crippen molar-refractivity contribution < 1.29 is 19.1 Å². The van der Waals surface area contributed by atoms with Gasteiger partial charge in [-0.1, -0.05) is 18.2 Å². The first-order valence-corrected chi connectivity index (χ1v) is 8.62. The molecule has 0 saturated carbocycles. The molecule has 1 unspecified atom stereocenters. The summed E-state index contributed by atoms with van der Waals surface area (Å²) in [6.07, 6.45) is 3.32. The van der Waals surface area contributed by atoms with E-state index in [1.807, 2.05) is 30.3 Å². The molecule has 1 aliphatic heterocycles. The largest absolute Gasteiger partial charge is 0.481 e. The number of carboxylic acids is 1. The number of hydrogen-bond acceptors (Lipinski definition) is 4. The van der Waals surface area contributed by atoms with Gasteiger partial charge in [-0.25, -0.2) is 4.98 Å². The molecule has 1 aromatic heterocycles. The molecule has 6 heteroatoms. The van der Waals surface area contributed by atoms with Gasteiger partial charge < -0.3 is 14.4 Å². The number of hydrogen-bond donors (Lipinski definition) is 1. The minimum Gasteiger partial charge on any atom is -0.481 e. The van der Waals surface area contributed by atoms with Crippen LogP contribution in [0.1, 0.15) is 48.4 Å². The molecule has 25 heavy (non-hydrogen) atoms. The van der Waals surface area contributed by atoms with Gasteiger partial charge in [-0.05, 0) is 44.7 Å². The average Bonchev–Trinajstić information content (AvgIpc) is 3.02. The Hall–Kier alpha value is -2.63. The second kappa shape index (κ2) is 7.51. The van der Waals surface area contributed by atoms with Gasteiger partial charge in [0.15, 0.2) is 5.69 Å². The Morgan fingerprint density at radius 3 is 2.76 bits per heavy atom. The first-order valence-electron chi connectivity index (χ1n) is 8.62. The molecule has 6 nitrogen and oxygen atoms in total. The smallest absolute Gasteiger partial charge is 0.303 e. The highest BCUT2D eigenvalue weighted by Gasteiger charge is 2.31. The van der Waals surface area contributed by atoms with Gasteiger partial charge in [-0.15, -0.1) is 0 Å². The summed E-state index contributed by atoms with van der Waals surface area (Å²) in [5.74, 6) is -0.0765. The fourth-order valence-electron chi connectivity index (χ4n) is 3.29. The van der Waals surface area contributed by atoms with Gasteiger partial charge in [0.1, 0.15) is 5.76 Å². The van der Waals surface area contributed by atoms with Crippen LogP contribution in [0.3, 0.4) is 0 Å². The number of aromatic nitrogens is 1. The predicted molar refractivity (Wildman–Crippen MR) is 92.2 cm³/mol. The van der Waals surface area contributed by atoms with Gasteiger partial charge in [-0.3, -0.25) is 9.59 Å². The summed E-state index contributed by atoms with van der Waals surface area (Å²) in [6, 6.07) is 9.41. The van der Waals surface area contributed by atoms with Crippen molar-refractivity contribution in [3.05, 3.63) is 41.8 Å². The summed E-state index contributed by atoms with van der Waals surface area (Å²) in [4.78, 5) is 30.0. The van der Waals surface area contributed by atoms with E-state index in [0.29, 0.717) is 30.3 Å². The molecule has 1 aromatic carbocycles. The van der Waals surface area contributed by atoms with Crippen molar-refractivity contribution >= 4 is 11.9 Å². The van der Waals surface area contributed by atoms with E-state index in [-0.39, 0.29) is 18.4 Å². The molecule has 1 atom stereocenters. The summed E-state index contributed by atoms with van der Waals surface area (Å²) >= 11 is 0. The minimum atomic E-state index is -0.832. The zero-order valence-electron chi connectivity index (χ0n) is 14.3. The third kappa shape index (κ3) is 3.90. The number of carbonyl (C=O) groups is 2. The van der Waals surface area contributed by atoms with Crippen molar-refractivity contribution in [2.24, 2.45) is 0 Å². The molecular formula is C19H22N2O4. The molecule has 2 heterocycles. The van der Waals surface area contributed by atoms with E-state index < -0.39 is 5.97 Å². The van der Waals surface area contributed by atoms with Crippen molar-refractivity contribution in [2.75, 3.05) is 6.54 Å². The predicted octanol–water partition coefficient (Wildman–Crippen LogP) is 3.51. The summed E-state index contributed by atoms with van der Waals surface area (Å²) < 4.78 is 5.69. The van der Waals surface area contributed by atoms with Crippen LogP contribution in [0, 0.1) is 6.92 Å². The van der Waals surface area contributed by atoms with Crippen LogP contribution >= 0.6 is 0 Å². The summed E-state index contributed by atoms with van der Waals surface area (Å²) in [5.41, 5.74) is 1.15. The molecule has 1 amide bonds. The number of carboxylic acid groups (broad SMARTS) is 1. The molecule has 0 radical (unpaired) electrons. The summed E-state index contributed by atoms with van der Waals surface area (Å²) in [7, 11) is 0. The van der Waals surface area contributed by atoms with Crippen LogP contribution in [-0.4, -0.2) is 39.5 Å². The number of aliphatic carboxylic acids is 1. The molecule has 0 spiro atoms. The van der Waals surface area contributed by atoms with Gasteiger partial charge >= 0.3 is 5.97 Å². The molecule has 1 saturated heterocycles. The second-order valence-electron chi connectivity index (χ2n) is 6.37. The van der Waals surface area contributed by atoms with E-state index in [9.17, 15) is 9.59 Å². The highest BCUT2D eigenvalue weighted by Crippen LogP contribution is 2.26. The average molecular weight is 342 g/mol. The summed E-state index contributed by atoms with van der Waals surface area (Å²) in [6.45, 7) is 2.37. The molecular weight excluding hydrogens is 320 g/mol. The van der Waals surface area contributed by atoms with Gasteiger partial charge in [0.05, 0.1) is 0 Å². The van der Waals surface area contributed by atoms with E-state index in [1.54, 1.807) is 11.8 Å². The fourth-order valence-corrected chi connectivity index (χ4v) is 3.29. The lowest BCUT2D eigenvalue weighted by atomic mass is 9.97.